The van der Waals surface area contributed by atoms with Crippen LogP contribution in [0.1, 0.15) is 26.2 Å². The number of carbonyl (C=O) groups excluding carboxylic acids is 1. The van der Waals surface area contributed by atoms with E-state index in [1.807, 2.05) is 0 Å². The third-order valence-electron chi connectivity index (χ3n) is 2.42. The number of alkyl halides is 3. The monoisotopic (exact) mass is 302 g/mol. The smallest absolute Gasteiger partial charge is 0.466 e. The third kappa shape index (κ3) is 4.41. The van der Waals surface area contributed by atoms with E-state index in [1.54, 1.807) is 6.92 Å². The standard InChI is InChI=1S/C10H13F3O5S/c1-2-17-9(14)6-7-3-4-8(5-7)18-19(15,16)10(11,12)13/h5,7H,2-4,6H2,1H3. The van der Waals surface area contributed by atoms with Crippen molar-refractivity contribution in [1.82, 2.24) is 0 Å². The fourth-order valence-corrected chi connectivity index (χ4v) is 2.13. The highest BCUT2D eigenvalue weighted by molar-refractivity contribution is 7.87. The van der Waals surface area contributed by atoms with Gasteiger partial charge in [0.1, 0.15) is 5.76 Å². The number of hydrogen-bond acceptors (Lipinski definition) is 5. The maximum atomic E-state index is 12.1. The van der Waals surface area contributed by atoms with Crippen LogP contribution in [0.5, 0.6) is 0 Å². The summed E-state index contributed by atoms with van der Waals surface area (Å²) in [5, 5.41) is 0. The topological polar surface area (TPSA) is 69.7 Å². The lowest BCUT2D eigenvalue weighted by Crippen LogP contribution is -2.25. The molecule has 0 amide bonds. The summed E-state index contributed by atoms with van der Waals surface area (Å²) in [6.07, 6.45) is 1.61. The van der Waals surface area contributed by atoms with Crippen molar-refractivity contribution < 1.29 is 35.3 Å². The minimum absolute atomic E-state index is 0.00718. The summed E-state index contributed by atoms with van der Waals surface area (Å²) in [5.41, 5.74) is -5.45. The summed E-state index contributed by atoms with van der Waals surface area (Å²) < 4.78 is 66.4. The van der Waals surface area contributed by atoms with Gasteiger partial charge in [0.05, 0.1) is 13.0 Å². The van der Waals surface area contributed by atoms with Crippen LogP contribution in [0.25, 0.3) is 0 Å². The lowest BCUT2D eigenvalue weighted by Gasteiger charge is -2.09. The summed E-state index contributed by atoms with van der Waals surface area (Å²) in [4.78, 5) is 11.2. The molecule has 1 aliphatic rings. The molecule has 0 fully saturated rings. The Morgan fingerprint density at radius 3 is 2.63 bits per heavy atom. The highest BCUT2D eigenvalue weighted by Crippen LogP contribution is 2.33. The molecule has 110 valence electrons. The first-order valence-electron chi connectivity index (χ1n) is 5.52. The molecule has 1 aliphatic carbocycles. The highest BCUT2D eigenvalue weighted by Gasteiger charge is 2.49. The molecule has 1 unspecified atom stereocenters. The average Bonchev–Trinajstić information content (AvgIpc) is 2.63. The molecule has 0 N–H and O–H groups in total. The second kappa shape index (κ2) is 5.81. The van der Waals surface area contributed by atoms with Gasteiger partial charge in [0.25, 0.3) is 0 Å². The van der Waals surface area contributed by atoms with Crippen molar-refractivity contribution in [1.29, 1.82) is 0 Å². The molecule has 0 aromatic heterocycles. The van der Waals surface area contributed by atoms with Gasteiger partial charge in [0.15, 0.2) is 0 Å². The molecule has 0 aromatic rings. The van der Waals surface area contributed by atoms with E-state index in [2.05, 4.69) is 8.92 Å². The Morgan fingerprint density at radius 1 is 1.47 bits per heavy atom. The summed E-state index contributed by atoms with van der Waals surface area (Å²) in [5.74, 6) is -1.13. The Balaban J connectivity index is 2.61. The van der Waals surface area contributed by atoms with Crippen LogP contribution in [-0.4, -0.2) is 26.5 Å². The molecule has 0 bridgehead atoms. The van der Waals surface area contributed by atoms with E-state index in [0.29, 0.717) is 6.42 Å². The SMILES string of the molecule is CCOC(=O)CC1C=C(OS(=O)(=O)C(F)(F)F)CC1. The van der Waals surface area contributed by atoms with Crippen LogP contribution in [0.15, 0.2) is 11.8 Å². The molecule has 0 saturated carbocycles. The molecule has 19 heavy (non-hydrogen) atoms. The number of carbonyl (C=O) groups is 1. The van der Waals surface area contributed by atoms with Crippen molar-refractivity contribution >= 4 is 16.1 Å². The van der Waals surface area contributed by atoms with Gasteiger partial charge in [-0.1, -0.05) is 0 Å². The largest absolute Gasteiger partial charge is 0.534 e. The maximum Gasteiger partial charge on any atom is 0.534 e. The molecule has 0 radical (unpaired) electrons. The lowest BCUT2D eigenvalue weighted by molar-refractivity contribution is -0.143. The molecule has 0 aliphatic heterocycles. The molecule has 0 saturated heterocycles. The number of hydrogen-bond donors (Lipinski definition) is 0. The number of esters is 1. The second-order valence-electron chi connectivity index (χ2n) is 3.92. The van der Waals surface area contributed by atoms with E-state index in [-0.39, 0.29) is 31.1 Å². The molecule has 1 atom stereocenters. The summed E-state index contributed by atoms with van der Waals surface area (Å²) in [7, 11) is -5.63. The first kappa shape index (κ1) is 15.8. The Labute approximate surface area is 108 Å². The molecular formula is C10H13F3O5S. The van der Waals surface area contributed by atoms with Crippen LogP contribution in [0.3, 0.4) is 0 Å². The van der Waals surface area contributed by atoms with Crippen molar-refractivity contribution in [3.05, 3.63) is 11.8 Å². The number of ether oxygens (including phenoxy) is 1. The Hall–Kier alpha value is -1.25. The normalized spacial score (nSPS) is 20.0. The van der Waals surface area contributed by atoms with E-state index in [0.717, 1.165) is 0 Å². The number of halogens is 3. The molecule has 0 aromatic carbocycles. The van der Waals surface area contributed by atoms with Crippen LogP contribution in [0, 0.1) is 5.92 Å². The van der Waals surface area contributed by atoms with Gasteiger partial charge in [-0.3, -0.25) is 4.79 Å². The Bertz CT molecular complexity index is 466. The van der Waals surface area contributed by atoms with Crippen molar-refractivity contribution in [2.45, 2.75) is 31.7 Å². The number of rotatable bonds is 5. The molecule has 0 heterocycles. The lowest BCUT2D eigenvalue weighted by atomic mass is 10.1. The van der Waals surface area contributed by atoms with Crippen molar-refractivity contribution in [2.24, 2.45) is 5.92 Å². The molecular weight excluding hydrogens is 289 g/mol. The Kier molecular flexibility index (Phi) is 4.83. The first-order valence-corrected chi connectivity index (χ1v) is 6.93. The zero-order valence-corrected chi connectivity index (χ0v) is 10.9. The van der Waals surface area contributed by atoms with Gasteiger partial charge in [0.2, 0.25) is 0 Å². The highest BCUT2D eigenvalue weighted by atomic mass is 32.2. The van der Waals surface area contributed by atoms with Gasteiger partial charge < -0.3 is 8.92 Å². The van der Waals surface area contributed by atoms with Gasteiger partial charge >= 0.3 is 21.6 Å². The van der Waals surface area contributed by atoms with Crippen LogP contribution in [0.2, 0.25) is 0 Å². The third-order valence-corrected chi connectivity index (χ3v) is 3.42. The summed E-state index contributed by atoms with van der Waals surface area (Å²) in [6.45, 7) is 1.84. The fourth-order valence-electron chi connectivity index (χ4n) is 1.61. The van der Waals surface area contributed by atoms with Gasteiger partial charge in [-0.2, -0.15) is 21.6 Å². The summed E-state index contributed by atoms with van der Waals surface area (Å²) in [6, 6.07) is 0. The van der Waals surface area contributed by atoms with Crippen LogP contribution < -0.4 is 0 Å². The van der Waals surface area contributed by atoms with Gasteiger partial charge in [-0.05, 0) is 25.3 Å². The predicted octanol–water partition coefficient (Wildman–Crippen LogP) is 2.10. The zero-order chi connectivity index (χ0) is 14.7. The van der Waals surface area contributed by atoms with Crippen LogP contribution >= 0.6 is 0 Å². The average molecular weight is 302 g/mol. The summed E-state index contributed by atoms with van der Waals surface area (Å²) >= 11 is 0. The van der Waals surface area contributed by atoms with Crippen LogP contribution in [-0.2, 0) is 23.8 Å². The first-order chi connectivity index (χ1) is 8.65. The van der Waals surface area contributed by atoms with Crippen molar-refractivity contribution in [2.75, 3.05) is 6.61 Å². The van der Waals surface area contributed by atoms with Gasteiger partial charge in [-0.15, -0.1) is 0 Å². The van der Waals surface area contributed by atoms with E-state index in [9.17, 15) is 26.4 Å². The minimum atomic E-state index is -5.63. The second-order valence-corrected chi connectivity index (χ2v) is 5.46. The minimum Gasteiger partial charge on any atom is -0.466 e. The molecule has 9 heteroatoms. The Morgan fingerprint density at radius 2 is 2.11 bits per heavy atom. The van der Waals surface area contributed by atoms with E-state index >= 15 is 0 Å². The predicted molar refractivity (Wildman–Crippen MR) is 58.1 cm³/mol. The maximum absolute atomic E-state index is 12.1. The molecule has 5 nitrogen and oxygen atoms in total. The zero-order valence-electron chi connectivity index (χ0n) is 10.1. The molecule has 1 rings (SSSR count). The fraction of sp³-hybridized carbons (Fsp3) is 0.700. The van der Waals surface area contributed by atoms with Crippen molar-refractivity contribution in [3.63, 3.8) is 0 Å². The van der Waals surface area contributed by atoms with Crippen molar-refractivity contribution in [3.8, 4) is 0 Å². The molecule has 0 spiro atoms. The quantitative estimate of drug-likeness (QED) is 0.442. The van der Waals surface area contributed by atoms with Gasteiger partial charge in [0, 0.05) is 6.42 Å². The van der Waals surface area contributed by atoms with E-state index < -0.39 is 21.6 Å². The van der Waals surface area contributed by atoms with E-state index in [4.69, 9.17) is 0 Å². The number of allylic oxidation sites excluding steroid dienone is 2. The van der Waals surface area contributed by atoms with Crippen LogP contribution in [0.4, 0.5) is 13.2 Å². The van der Waals surface area contributed by atoms with Gasteiger partial charge in [-0.25, -0.2) is 0 Å². The van der Waals surface area contributed by atoms with E-state index in [1.165, 1.54) is 6.08 Å².